The Labute approximate surface area is 127 Å². The van der Waals surface area contributed by atoms with Crippen molar-refractivity contribution in [2.75, 3.05) is 0 Å². The predicted octanol–water partition coefficient (Wildman–Crippen LogP) is 3.11. The monoisotopic (exact) mass is 297 g/mol. The third-order valence-electron chi connectivity index (χ3n) is 3.11. The smallest absolute Gasteiger partial charge is 0.267 e. The molecule has 0 aliphatic heterocycles. The van der Waals surface area contributed by atoms with Crippen LogP contribution in [0.2, 0.25) is 0 Å². The molecule has 0 unspecified atom stereocenters. The number of nitro groups is 1. The summed E-state index contributed by atoms with van der Waals surface area (Å²) in [7, 11) is 0. The van der Waals surface area contributed by atoms with Gasteiger partial charge in [-0.2, -0.15) is 5.10 Å². The minimum atomic E-state index is -0.544. The Morgan fingerprint density at radius 3 is 2.64 bits per heavy atom. The lowest BCUT2D eigenvalue weighted by atomic mass is 10.0. The van der Waals surface area contributed by atoms with E-state index in [0.717, 1.165) is 5.56 Å². The second-order valence-electron chi connectivity index (χ2n) is 4.73. The number of amides is 1. The Hall–Kier alpha value is -3.02. The molecule has 0 spiro atoms. The van der Waals surface area contributed by atoms with E-state index in [-0.39, 0.29) is 17.2 Å². The lowest BCUT2D eigenvalue weighted by Gasteiger charge is -2.05. The molecule has 0 aliphatic carbocycles. The maximum atomic E-state index is 11.9. The number of carbonyl (C=O) groups is 1. The van der Waals surface area contributed by atoms with Gasteiger partial charge in [0.2, 0.25) is 0 Å². The molecule has 1 amide bonds. The summed E-state index contributed by atoms with van der Waals surface area (Å²) in [6.07, 6.45) is 1.62. The summed E-state index contributed by atoms with van der Waals surface area (Å²) in [4.78, 5) is 22.0. The maximum absolute atomic E-state index is 11.9. The molecule has 2 aromatic carbocycles. The fraction of sp³-hybridized carbons (Fsp3) is 0.125. The molecule has 1 N–H and O–H groups in total. The van der Waals surface area contributed by atoms with Crippen molar-refractivity contribution in [3.8, 4) is 0 Å². The van der Waals surface area contributed by atoms with E-state index in [1.807, 2.05) is 37.3 Å². The van der Waals surface area contributed by atoms with E-state index in [1.54, 1.807) is 6.21 Å². The van der Waals surface area contributed by atoms with Crippen molar-refractivity contribution in [2.24, 2.45) is 5.10 Å². The van der Waals surface area contributed by atoms with E-state index >= 15 is 0 Å². The molecule has 0 saturated carbocycles. The predicted molar refractivity (Wildman–Crippen MR) is 83.9 cm³/mol. The topological polar surface area (TPSA) is 84.6 Å². The minimum Gasteiger partial charge on any atom is -0.267 e. The highest BCUT2D eigenvalue weighted by atomic mass is 16.6. The summed E-state index contributed by atoms with van der Waals surface area (Å²) in [5.41, 5.74) is 3.52. The van der Waals surface area contributed by atoms with Crippen molar-refractivity contribution >= 4 is 17.8 Å². The summed E-state index contributed by atoms with van der Waals surface area (Å²) in [5.74, 6) is -0.438. The number of hydrogen-bond acceptors (Lipinski definition) is 4. The van der Waals surface area contributed by atoms with Gasteiger partial charge in [-0.15, -0.1) is 0 Å². The van der Waals surface area contributed by atoms with Gasteiger partial charge in [0.05, 0.1) is 4.92 Å². The number of hydrogen-bond donors (Lipinski definition) is 1. The Bertz CT molecular complexity index is 699. The largest absolute Gasteiger partial charge is 0.271 e. The van der Waals surface area contributed by atoms with E-state index in [4.69, 9.17) is 0 Å². The van der Waals surface area contributed by atoms with Crippen LogP contribution in [-0.4, -0.2) is 17.0 Å². The molecule has 0 aliphatic rings. The van der Waals surface area contributed by atoms with Crippen molar-refractivity contribution < 1.29 is 9.72 Å². The molecule has 112 valence electrons. The first-order valence-electron chi connectivity index (χ1n) is 6.71. The Balaban J connectivity index is 1.99. The number of nitrogens with zero attached hydrogens (tertiary/aromatic N) is 2. The average Bonchev–Trinajstić information content (AvgIpc) is 2.55. The van der Waals surface area contributed by atoms with E-state index in [2.05, 4.69) is 10.5 Å². The van der Waals surface area contributed by atoms with Gasteiger partial charge in [-0.3, -0.25) is 14.9 Å². The van der Waals surface area contributed by atoms with Crippen molar-refractivity contribution in [1.82, 2.24) is 5.43 Å². The molecule has 0 aromatic heterocycles. The van der Waals surface area contributed by atoms with Gasteiger partial charge in [0.25, 0.3) is 11.6 Å². The van der Waals surface area contributed by atoms with E-state index in [1.165, 1.54) is 24.3 Å². The van der Waals surface area contributed by atoms with Crippen LogP contribution in [0.1, 0.15) is 28.8 Å². The van der Waals surface area contributed by atoms with Crippen LogP contribution < -0.4 is 5.43 Å². The fourth-order valence-corrected chi connectivity index (χ4v) is 1.88. The van der Waals surface area contributed by atoms with Gasteiger partial charge in [0, 0.05) is 29.8 Å². The molecule has 1 atom stereocenters. The van der Waals surface area contributed by atoms with Crippen LogP contribution in [0.4, 0.5) is 5.69 Å². The lowest BCUT2D eigenvalue weighted by molar-refractivity contribution is -0.384. The van der Waals surface area contributed by atoms with Gasteiger partial charge >= 0.3 is 0 Å². The third kappa shape index (κ3) is 3.99. The second kappa shape index (κ2) is 7.12. The molecule has 22 heavy (non-hydrogen) atoms. The SMILES string of the molecule is C[C@H](/C=N\NC(=O)c1cccc([N+](=O)[O-])c1)c1ccccc1. The normalized spacial score (nSPS) is 12.0. The maximum Gasteiger partial charge on any atom is 0.271 e. The zero-order chi connectivity index (χ0) is 15.9. The van der Waals surface area contributed by atoms with Crippen molar-refractivity contribution in [3.05, 3.63) is 75.8 Å². The third-order valence-corrected chi connectivity index (χ3v) is 3.11. The molecule has 2 rings (SSSR count). The highest BCUT2D eigenvalue weighted by molar-refractivity contribution is 5.95. The lowest BCUT2D eigenvalue weighted by Crippen LogP contribution is -2.18. The Morgan fingerprint density at radius 1 is 1.23 bits per heavy atom. The molecular formula is C16H15N3O3. The van der Waals surface area contributed by atoms with Crippen LogP contribution in [0.25, 0.3) is 0 Å². The highest BCUT2D eigenvalue weighted by Gasteiger charge is 2.10. The summed E-state index contributed by atoms with van der Waals surface area (Å²) < 4.78 is 0. The molecule has 6 heteroatoms. The van der Waals surface area contributed by atoms with Gasteiger partial charge in [-0.25, -0.2) is 5.43 Å². The first kappa shape index (κ1) is 15.4. The van der Waals surface area contributed by atoms with E-state index < -0.39 is 10.8 Å². The Morgan fingerprint density at radius 2 is 1.95 bits per heavy atom. The van der Waals surface area contributed by atoms with Crippen LogP contribution >= 0.6 is 0 Å². The zero-order valence-corrected chi connectivity index (χ0v) is 12.0. The average molecular weight is 297 g/mol. The molecule has 0 bridgehead atoms. The second-order valence-corrected chi connectivity index (χ2v) is 4.73. The zero-order valence-electron chi connectivity index (χ0n) is 12.0. The van der Waals surface area contributed by atoms with Gasteiger partial charge < -0.3 is 0 Å². The van der Waals surface area contributed by atoms with Crippen molar-refractivity contribution in [3.63, 3.8) is 0 Å². The summed E-state index contributed by atoms with van der Waals surface area (Å²) in [6.45, 7) is 1.96. The highest BCUT2D eigenvalue weighted by Crippen LogP contribution is 2.13. The van der Waals surface area contributed by atoms with E-state index in [0.29, 0.717) is 0 Å². The fourth-order valence-electron chi connectivity index (χ4n) is 1.88. The number of rotatable bonds is 5. The number of nitro benzene ring substituents is 1. The summed E-state index contributed by atoms with van der Waals surface area (Å²) in [6, 6.07) is 15.2. The Kier molecular flexibility index (Phi) is 4.98. The number of benzene rings is 2. The van der Waals surface area contributed by atoms with Gasteiger partial charge in [0.1, 0.15) is 0 Å². The first-order chi connectivity index (χ1) is 10.6. The number of non-ortho nitro benzene ring substituents is 1. The van der Waals surface area contributed by atoms with Crippen LogP contribution in [0, 0.1) is 10.1 Å². The minimum absolute atomic E-state index is 0.0478. The summed E-state index contributed by atoms with van der Waals surface area (Å²) >= 11 is 0. The van der Waals surface area contributed by atoms with Crippen LogP contribution in [0.3, 0.4) is 0 Å². The molecule has 0 heterocycles. The molecular weight excluding hydrogens is 282 g/mol. The number of hydrazone groups is 1. The number of nitrogens with one attached hydrogen (secondary N) is 1. The van der Waals surface area contributed by atoms with Crippen LogP contribution in [0.15, 0.2) is 59.7 Å². The molecule has 6 nitrogen and oxygen atoms in total. The van der Waals surface area contributed by atoms with Gasteiger partial charge in [-0.05, 0) is 11.6 Å². The summed E-state index contributed by atoms with van der Waals surface area (Å²) in [5, 5.41) is 14.6. The first-order valence-corrected chi connectivity index (χ1v) is 6.71. The molecule has 0 radical (unpaired) electrons. The van der Waals surface area contributed by atoms with Crippen molar-refractivity contribution in [2.45, 2.75) is 12.8 Å². The van der Waals surface area contributed by atoms with E-state index in [9.17, 15) is 14.9 Å². The molecule has 0 fully saturated rings. The molecule has 0 saturated heterocycles. The standard InChI is InChI=1S/C16H15N3O3/c1-12(13-6-3-2-4-7-13)11-17-18-16(20)14-8-5-9-15(10-14)19(21)22/h2-12H,1H3,(H,18,20)/b17-11-/t12-/m1/s1. The van der Waals surface area contributed by atoms with Crippen LogP contribution in [-0.2, 0) is 0 Å². The quantitative estimate of drug-likeness (QED) is 0.522. The number of carbonyl (C=O) groups excluding carboxylic acids is 1. The van der Waals surface area contributed by atoms with Gasteiger partial charge in [-0.1, -0.05) is 43.3 Å². The van der Waals surface area contributed by atoms with Gasteiger partial charge in [0.15, 0.2) is 0 Å². The molecule has 2 aromatic rings. The van der Waals surface area contributed by atoms with Crippen LogP contribution in [0.5, 0.6) is 0 Å². The van der Waals surface area contributed by atoms with Crippen molar-refractivity contribution in [1.29, 1.82) is 0 Å².